The summed E-state index contributed by atoms with van der Waals surface area (Å²) in [6.45, 7) is 0. The number of carbonyl (C=O) groups is 1. The first-order valence-electron chi connectivity index (χ1n) is 4.99. The smallest absolute Gasteiger partial charge is 0.303 e. The Hall–Kier alpha value is -0.530. The molecule has 0 aromatic rings. The van der Waals surface area contributed by atoms with Crippen LogP contribution in [0.2, 0.25) is 0 Å². The van der Waals surface area contributed by atoms with E-state index in [1.54, 1.807) is 0 Å². The van der Waals surface area contributed by atoms with Gasteiger partial charge in [-0.25, -0.2) is 0 Å². The van der Waals surface area contributed by atoms with Crippen molar-refractivity contribution in [3.63, 3.8) is 0 Å². The lowest BCUT2D eigenvalue weighted by Gasteiger charge is -2.15. The second kappa shape index (κ2) is 3.08. The lowest BCUT2D eigenvalue weighted by molar-refractivity contribution is -0.138. The summed E-state index contributed by atoms with van der Waals surface area (Å²) in [6.07, 6.45) is 6.88. The standard InChI is InChI=1S/C10H16O2/c11-10(12)6-8-5-4-7-2-1-3-9(7)8/h7-9H,1-6H2,(H,11,12)/t7-,8?,9-/m1/s1. The van der Waals surface area contributed by atoms with Gasteiger partial charge in [-0.1, -0.05) is 12.8 Å². The maximum atomic E-state index is 10.5. The maximum absolute atomic E-state index is 10.5. The highest BCUT2D eigenvalue weighted by Gasteiger charge is 2.39. The van der Waals surface area contributed by atoms with Gasteiger partial charge in [-0.2, -0.15) is 0 Å². The second-order valence-electron chi connectivity index (χ2n) is 4.29. The average Bonchev–Trinajstić information content (AvgIpc) is 2.52. The zero-order chi connectivity index (χ0) is 8.55. The summed E-state index contributed by atoms with van der Waals surface area (Å²) in [5.74, 6) is 1.55. The summed E-state index contributed by atoms with van der Waals surface area (Å²) in [4.78, 5) is 10.5. The van der Waals surface area contributed by atoms with Crippen LogP contribution < -0.4 is 0 Å². The van der Waals surface area contributed by atoms with Gasteiger partial charge in [0.05, 0.1) is 0 Å². The maximum Gasteiger partial charge on any atom is 0.303 e. The van der Waals surface area contributed by atoms with Gasteiger partial charge in [0.25, 0.3) is 0 Å². The molecule has 0 bridgehead atoms. The molecule has 0 aromatic heterocycles. The highest BCUT2D eigenvalue weighted by atomic mass is 16.4. The number of rotatable bonds is 2. The molecule has 2 nitrogen and oxygen atoms in total. The fourth-order valence-electron chi connectivity index (χ4n) is 3.16. The molecular formula is C10H16O2. The Morgan fingerprint density at radius 1 is 1.25 bits per heavy atom. The van der Waals surface area contributed by atoms with E-state index in [-0.39, 0.29) is 0 Å². The molecule has 0 spiro atoms. The Morgan fingerprint density at radius 2 is 2.08 bits per heavy atom. The average molecular weight is 168 g/mol. The first-order valence-corrected chi connectivity index (χ1v) is 4.99. The molecule has 1 N–H and O–H groups in total. The van der Waals surface area contributed by atoms with E-state index in [4.69, 9.17) is 5.11 Å². The Labute approximate surface area is 73.0 Å². The molecule has 12 heavy (non-hydrogen) atoms. The lowest BCUT2D eigenvalue weighted by atomic mass is 9.90. The molecule has 0 heterocycles. The third kappa shape index (κ3) is 1.35. The van der Waals surface area contributed by atoms with Gasteiger partial charge in [0, 0.05) is 6.42 Å². The van der Waals surface area contributed by atoms with Crippen molar-refractivity contribution in [3.8, 4) is 0 Å². The van der Waals surface area contributed by atoms with E-state index in [9.17, 15) is 4.79 Å². The summed E-state index contributed by atoms with van der Waals surface area (Å²) >= 11 is 0. The lowest BCUT2D eigenvalue weighted by Crippen LogP contribution is -2.13. The van der Waals surface area contributed by atoms with Crippen molar-refractivity contribution in [2.24, 2.45) is 17.8 Å². The quantitative estimate of drug-likeness (QED) is 0.686. The summed E-state index contributed by atoms with van der Waals surface area (Å²) in [5, 5.41) is 8.69. The van der Waals surface area contributed by atoms with E-state index in [1.807, 2.05) is 0 Å². The van der Waals surface area contributed by atoms with Crippen LogP contribution in [0.15, 0.2) is 0 Å². The van der Waals surface area contributed by atoms with Crippen LogP contribution in [-0.4, -0.2) is 11.1 Å². The van der Waals surface area contributed by atoms with Crippen molar-refractivity contribution >= 4 is 5.97 Å². The molecule has 0 aliphatic heterocycles. The molecule has 2 aliphatic carbocycles. The highest BCUT2D eigenvalue weighted by molar-refractivity contribution is 5.67. The minimum absolute atomic E-state index is 0.418. The first-order chi connectivity index (χ1) is 5.77. The summed E-state index contributed by atoms with van der Waals surface area (Å²) in [5.41, 5.74) is 0. The van der Waals surface area contributed by atoms with Crippen LogP contribution in [-0.2, 0) is 4.79 Å². The summed E-state index contributed by atoms with van der Waals surface area (Å²) in [7, 11) is 0. The molecule has 1 unspecified atom stereocenters. The van der Waals surface area contributed by atoms with Crippen LogP contribution in [0.25, 0.3) is 0 Å². The van der Waals surface area contributed by atoms with Gasteiger partial charge >= 0.3 is 5.97 Å². The Kier molecular flexibility index (Phi) is 2.07. The van der Waals surface area contributed by atoms with Crippen LogP contribution in [0.5, 0.6) is 0 Å². The van der Waals surface area contributed by atoms with Gasteiger partial charge < -0.3 is 5.11 Å². The Morgan fingerprint density at radius 3 is 2.83 bits per heavy atom. The number of hydrogen-bond donors (Lipinski definition) is 1. The van der Waals surface area contributed by atoms with Crippen LogP contribution in [0.3, 0.4) is 0 Å². The first kappa shape index (κ1) is 8.09. The largest absolute Gasteiger partial charge is 0.481 e. The topological polar surface area (TPSA) is 37.3 Å². The number of hydrogen-bond acceptors (Lipinski definition) is 1. The molecule has 0 amide bonds. The molecule has 0 radical (unpaired) electrons. The van der Waals surface area contributed by atoms with Crippen molar-refractivity contribution < 1.29 is 9.90 Å². The Balaban J connectivity index is 1.95. The number of fused-ring (bicyclic) bond motifs is 1. The van der Waals surface area contributed by atoms with Gasteiger partial charge in [-0.15, -0.1) is 0 Å². The second-order valence-corrected chi connectivity index (χ2v) is 4.29. The molecule has 0 saturated heterocycles. The SMILES string of the molecule is O=C(O)CC1CC[C@H]2CCC[C@@H]12. The van der Waals surface area contributed by atoms with Crippen molar-refractivity contribution in [2.45, 2.75) is 38.5 Å². The van der Waals surface area contributed by atoms with Crippen molar-refractivity contribution in [1.82, 2.24) is 0 Å². The normalized spacial score (nSPS) is 39.8. The fourth-order valence-corrected chi connectivity index (χ4v) is 3.16. The zero-order valence-corrected chi connectivity index (χ0v) is 7.33. The molecule has 0 aromatic carbocycles. The van der Waals surface area contributed by atoms with E-state index < -0.39 is 5.97 Å². The van der Waals surface area contributed by atoms with Gasteiger partial charge in [-0.3, -0.25) is 4.79 Å². The molecule has 2 saturated carbocycles. The molecule has 68 valence electrons. The van der Waals surface area contributed by atoms with E-state index in [1.165, 1.54) is 32.1 Å². The van der Waals surface area contributed by atoms with Crippen molar-refractivity contribution in [3.05, 3.63) is 0 Å². The third-order valence-electron chi connectivity index (χ3n) is 3.67. The van der Waals surface area contributed by atoms with E-state index in [0.29, 0.717) is 12.3 Å². The van der Waals surface area contributed by atoms with E-state index in [0.717, 1.165) is 11.8 Å². The monoisotopic (exact) mass is 168 g/mol. The third-order valence-corrected chi connectivity index (χ3v) is 3.67. The molecule has 2 heteroatoms. The predicted molar refractivity (Wildman–Crippen MR) is 45.8 cm³/mol. The van der Waals surface area contributed by atoms with Gasteiger partial charge in [-0.05, 0) is 37.0 Å². The van der Waals surface area contributed by atoms with E-state index >= 15 is 0 Å². The summed E-state index contributed by atoms with van der Waals surface area (Å²) in [6, 6.07) is 0. The van der Waals surface area contributed by atoms with Crippen molar-refractivity contribution in [2.75, 3.05) is 0 Å². The van der Waals surface area contributed by atoms with E-state index in [2.05, 4.69) is 0 Å². The van der Waals surface area contributed by atoms with Crippen LogP contribution in [0, 0.1) is 17.8 Å². The molecule has 2 rings (SSSR count). The van der Waals surface area contributed by atoms with Crippen LogP contribution in [0.1, 0.15) is 38.5 Å². The zero-order valence-electron chi connectivity index (χ0n) is 7.33. The van der Waals surface area contributed by atoms with Crippen molar-refractivity contribution in [1.29, 1.82) is 0 Å². The molecule has 2 fully saturated rings. The summed E-state index contributed by atoms with van der Waals surface area (Å²) < 4.78 is 0. The Bertz CT molecular complexity index is 188. The van der Waals surface area contributed by atoms with Gasteiger partial charge in [0.15, 0.2) is 0 Å². The minimum Gasteiger partial charge on any atom is -0.481 e. The predicted octanol–water partition coefficient (Wildman–Crippen LogP) is 2.29. The number of carboxylic acids is 1. The number of carboxylic acid groups (broad SMARTS) is 1. The molecule has 3 atom stereocenters. The van der Waals surface area contributed by atoms with Gasteiger partial charge in [0.2, 0.25) is 0 Å². The fraction of sp³-hybridized carbons (Fsp3) is 0.900. The van der Waals surface area contributed by atoms with Gasteiger partial charge in [0.1, 0.15) is 0 Å². The van der Waals surface area contributed by atoms with Crippen LogP contribution >= 0.6 is 0 Å². The minimum atomic E-state index is -0.604. The molecule has 2 aliphatic rings. The van der Waals surface area contributed by atoms with Crippen LogP contribution in [0.4, 0.5) is 0 Å². The molecular weight excluding hydrogens is 152 g/mol. The highest BCUT2D eigenvalue weighted by Crippen LogP contribution is 2.48. The number of aliphatic carboxylic acids is 1.